The zero-order valence-corrected chi connectivity index (χ0v) is 13.8. The van der Waals surface area contributed by atoms with Crippen molar-refractivity contribution < 1.29 is 8.78 Å². The van der Waals surface area contributed by atoms with Crippen molar-refractivity contribution in [2.24, 2.45) is 0 Å². The predicted molar refractivity (Wildman–Crippen MR) is 95.6 cm³/mol. The number of para-hydroxylation sites is 2. The fourth-order valence-electron chi connectivity index (χ4n) is 2.90. The minimum absolute atomic E-state index is 0.235. The Labute approximate surface area is 148 Å². The third-order valence-electron chi connectivity index (χ3n) is 4.13. The summed E-state index contributed by atoms with van der Waals surface area (Å²) in [6.45, 7) is 0.235. The van der Waals surface area contributed by atoms with Crippen molar-refractivity contribution in [2.45, 2.75) is 6.54 Å². The Hall–Kier alpha value is -2.72. The van der Waals surface area contributed by atoms with Gasteiger partial charge in [-0.1, -0.05) is 29.8 Å². The summed E-state index contributed by atoms with van der Waals surface area (Å²) in [7, 11) is 0. The van der Waals surface area contributed by atoms with Crippen LogP contribution < -0.4 is 0 Å². The maximum absolute atomic E-state index is 14.3. The molecule has 0 aliphatic rings. The number of aromatic nitrogens is 2. The molecule has 0 saturated carbocycles. The van der Waals surface area contributed by atoms with Crippen molar-refractivity contribution in [3.63, 3.8) is 0 Å². The average Bonchev–Trinajstić information content (AvgIpc) is 2.97. The Kier molecular flexibility index (Phi) is 3.98. The van der Waals surface area contributed by atoms with E-state index >= 15 is 0 Å². The number of fused-ring (bicyclic) bond motifs is 1. The van der Waals surface area contributed by atoms with Gasteiger partial charge in [0.15, 0.2) is 0 Å². The van der Waals surface area contributed by atoms with Crippen LogP contribution in [-0.4, -0.2) is 9.55 Å². The predicted octanol–water partition coefficient (Wildman–Crippen LogP) is 5.68. The average molecular weight is 355 g/mol. The first-order chi connectivity index (χ1) is 12.1. The number of rotatable bonds is 3. The van der Waals surface area contributed by atoms with E-state index in [2.05, 4.69) is 4.98 Å². The van der Waals surface area contributed by atoms with Gasteiger partial charge in [0.2, 0.25) is 0 Å². The van der Waals surface area contributed by atoms with Gasteiger partial charge in [-0.05, 0) is 48.5 Å². The molecule has 0 spiro atoms. The van der Waals surface area contributed by atoms with Crippen LogP contribution in [-0.2, 0) is 6.54 Å². The van der Waals surface area contributed by atoms with Crippen molar-refractivity contribution in [3.05, 3.63) is 89.0 Å². The van der Waals surface area contributed by atoms with Gasteiger partial charge in [-0.15, -0.1) is 0 Å². The molecule has 0 aliphatic carbocycles. The number of hydrogen-bond acceptors (Lipinski definition) is 1. The number of imidazole rings is 1. The molecule has 2 nitrogen and oxygen atoms in total. The summed E-state index contributed by atoms with van der Waals surface area (Å²) in [5.41, 5.74) is 2.80. The van der Waals surface area contributed by atoms with E-state index in [9.17, 15) is 8.78 Å². The lowest BCUT2D eigenvalue weighted by molar-refractivity contribution is 0.602. The van der Waals surface area contributed by atoms with E-state index in [1.165, 1.54) is 18.2 Å². The second-order valence-corrected chi connectivity index (χ2v) is 6.12. The van der Waals surface area contributed by atoms with E-state index in [4.69, 9.17) is 11.6 Å². The standard InChI is InChI=1S/C20H13ClF2N2/c21-16-4-3-5-17(23)15(16)12-25-19-7-2-1-6-18(19)24-20(25)13-8-10-14(22)11-9-13/h1-11H,12H2. The minimum atomic E-state index is -0.365. The highest BCUT2D eigenvalue weighted by Crippen LogP contribution is 2.28. The van der Waals surface area contributed by atoms with Gasteiger partial charge in [-0.2, -0.15) is 0 Å². The van der Waals surface area contributed by atoms with Gasteiger partial charge in [-0.3, -0.25) is 0 Å². The molecule has 0 unspecified atom stereocenters. The van der Waals surface area contributed by atoms with Gasteiger partial charge >= 0.3 is 0 Å². The van der Waals surface area contributed by atoms with Gasteiger partial charge in [0.25, 0.3) is 0 Å². The molecule has 4 rings (SSSR count). The van der Waals surface area contributed by atoms with Crippen molar-refractivity contribution in [2.75, 3.05) is 0 Å². The first kappa shape index (κ1) is 15.8. The third kappa shape index (κ3) is 2.89. The first-order valence-corrected chi connectivity index (χ1v) is 8.15. The quantitative estimate of drug-likeness (QED) is 0.462. The molecule has 0 atom stereocenters. The fraction of sp³-hybridized carbons (Fsp3) is 0.0500. The zero-order chi connectivity index (χ0) is 17.4. The molecular formula is C20H13ClF2N2. The monoisotopic (exact) mass is 354 g/mol. The molecule has 4 aromatic rings. The van der Waals surface area contributed by atoms with E-state index in [1.807, 2.05) is 28.8 Å². The van der Waals surface area contributed by atoms with Crippen LogP contribution in [0.15, 0.2) is 66.7 Å². The van der Waals surface area contributed by atoms with E-state index in [0.29, 0.717) is 16.4 Å². The molecule has 25 heavy (non-hydrogen) atoms. The fourth-order valence-corrected chi connectivity index (χ4v) is 3.12. The van der Waals surface area contributed by atoms with Crippen LogP contribution in [0.4, 0.5) is 8.78 Å². The summed E-state index contributed by atoms with van der Waals surface area (Å²) in [5.74, 6) is -0.0422. The van der Waals surface area contributed by atoms with Crippen molar-refractivity contribution in [1.29, 1.82) is 0 Å². The highest BCUT2D eigenvalue weighted by Gasteiger charge is 2.16. The number of hydrogen-bond donors (Lipinski definition) is 0. The first-order valence-electron chi connectivity index (χ1n) is 7.77. The summed E-state index contributed by atoms with van der Waals surface area (Å²) < 4.78 is 29.4. The van der Waals surface area contributed by atoms with Crippen LogP contribution in [0, 0.1) is 11.6 Å². The SMILES string of the molecule is Fc1ccc(-c2nc3ccccc3n2Cc2c(F)cccc2Cl)cc1. The van der Waals surface area contributed by atoms with Crippen molar-refractivity contribution in [3.8, 4) is 11.4 Å². The maximum atomic E-state index is 14.3. The van der Waals surface area contributed by atoms with E-state index in [0.717, 1.165) is 16.6 Å². The van der Waals surface area contributed by atoms with Crippen molar-refractivity contribution in [1.82, 2.24) is 9.55 Å². The normalized spacial score (nSPS) is 11.2. The molecule has 3 aromatic carbocycles. The topological polar surface area (TPSA) is 17.8 Å². The van der Waals surface area contributed by atoms with Crippen LogP contribution in [0.2, 0.25) is 5.02 Å². The summed E-state index contributed by atoms with van der Waals surface area (Å²) in [4.78, 5) is 4.64. The van der Waals surface area contributed by atoms with Crippen molar-refractivity contribution >= 4 is 22.6 Å². The Bertz CT molecular complexity index is 1030. The molecule has 5 heteroatoms. The Balaban J connectivity index is 1.92. The maximum Gasteiger partial charge on any atom is 0.141 e. The Morgan fingerprint density at radius 2 is 1.64 bits per heavy atom. The van der Waals surface area contributed by atoms with Gasteiger partial charge in [0, 0.05) is 16.1 Å². The van der Waals surface area contributed by atoms with E-state index in [1.54, 1.807) is 24.3 Å². The lowest BCUT2D eigenvalue weighted by atomic mass is 10.1. The molecule has 124 valence electrons. The van der Waals surface area contributed by atoms with E-state index in [-0.39, 0.29) is 18.2 Å². The van der Waals surface area contributed by atoms with Crippen LogP contribution in [0.3, 0.4) is 0 Å². The molecular weight excluding hydrogens is 342 g/mol. The highest BCUT2D eigenvalue weighted by molar-refractivity contribution is 6.31. The van der Waals surface area contributed by atoms with Crippen LogP contribution in [0.1, 0.15) is 5.56 Å². The van der Waals surface area contributed by atoms with Gasteiger partial charge in [0.1, 0.15) is 17.5 Å². The number of halogens is 3. The number of nitrogens with zero attached hydrogens (tertiary/aromatic N) is 2. The molecule has 1 aromatic heterocycles. The summed E-state index contributed by atoms with van der Waals surface area (Å²) in [6, 6.07) is 18.3. The van der Waals surface area contributed by atoms with Gasteiger partial charge < -0.3 is 4.57 Å². The molecule has 0 radical (unpaired) electrons. The molecule has 1 heterocycles. The summed E-state index contributed by atoms with van der Waals surface area (Å²) >= 11 is 6.19. The molecule has 0 bridgehead atoms. The molecule has 0 aliphatic heterocycles. The summed E-state index contributed by atoms with van der Waals surface area (Å²) in [6.07, 6.45) is 0. The summed E-state index contributed by atoms with van der Waals surface area (Å²) in [5, 5.41) is 0.364. The Morgan fingerprint density at radius 3 is 2.40 bits per heavy atom. The van der Waals surface area contributed by atoms with Gasteiger partial charge in [-0.25, -0.2) is 13.8 Å². The molecule has 0 fully saturated rings. The van der Waals surface area contributed by atoms with Crippen LogP contribution in [0.5, 0.6) is 0 Å². The second-order valence-electron chi connectivity index (χ2n) is 5.72. The molecule has 0 saturated heterocycles. The smallest absolute Gasteiger partial charge is 0.141 e. The largest absolute Gasteiger partial charge is 0.319 e. The van der Waals surface area contributed by atoms with Gasteiger partial charge in [0.05, 0.1) is 17.6 Å². The zero-order valence-electron chi connectivity index (χ0n) is 13.1. The van der Waals surface area contributed by atoms with Crippen LogP contribution in [0.25, 0.3) is 22.4 Å². The molecule has 0 N–H and O–H groups in total. The Morgan fingerprint density at radius 1 is 0.880 bits per heavy atom. The second kappa shape index (κ2) is 6.30. The van der Waals surface area contributed by atoms with E-state index < -0.39 is 0 Å². The lowest BCUT2D eigenvalue weighted by Crippen LogP contribution is -2.05. The lowest BCUT2D eigenvalue weighted by Gasteiger charge is -2.12. The van der Waals surface area contributed by atoms with Crippen LogP contribution >= 0.6 is 11.6 Å². The highest BCUT2D eigenvalue weighted by atomic mass is 35.5. The number of benzene rings is 3. The third-order valence-corrected chi connectivity index (χ3v) is 4.49. The molecule has 0 amide bonds. The minimum Gasteiger partial charge on any atom is -0.319 e.